The zero-order chi connectivity index (χ0) is 17.8. The van der Waals surface area contributed by atoms with Crippen LogP contribution in [0.25, 0.3) is 23.1 Å². The van der Waals surface area contributed by atoms with Gasteiger partial charge in [0.05, 0.1) is 10.9 Å². The van der Waals surface area contributed by atoms with E-state index in [4.69, 9.17) is 4.98 Å². The monoisotopic (exact) mass is 358 g/mol. The third-order valence-corrected chi connectivity index (χ3v) is 5.21. The van der Waals surface area contributed by atoms with Crippen LogP contribution in [0.1, 0.15) is 16.3 Å². The Balaban J connectivity index is 1.77. The van der Waals surface area contributed by atoms with Crippen LogP contribution in [0, 0.1) is 0 Å². The average molecular weight is 358 g/mol. The number of benzene rings is 2. The van der Waals surface area contributed by atoms with E-state index in [0.717, 1.165) is 17.5 Å². The molecular formula is C22H18N2OS. The van der Waals surface area contributed by atoms with Crippen LogP contribution in [0.4, 0.5) is 0 Å². The van der Waals surface area contributed by atoms with E-state index in [-0.39, 0.29) is 5.56 Å². The first kappa shape index (κ1) is 16.5. The third kappa shape index (κ3) is 3.51. The number of aromatic nitrogens is 2. The van der Waals surface area contributed by atoms with Crippen LogP contribution in [0.5, 0.6) is 0 Å². The molecule has 128 valence electrons. The fourth-order valence-electron chi connectivity index (χ4n) is 2.94. The molecule has 2 aromatic heterocycles. The number of fused-ring (bicyclic) bond motifs is 1. The Labute approximate surface area is 155 Å². The minimum Gasteiger partial charge on any atom is -0.292 e. The van der Waals surface area contributed by atoms with Crippen LogP contribution in [0.3, 0.4) is 0 Å². The van der Waals surface area contributed by atoms with Gasteiger partial charge in [-0.15, -0.1) is 11.3 Å². The lowest BCUT2D eigenvalue weighted by Gasteiger charge is -2.11. The lowest BCUT2D eigenvalue weighted by Crippen LogP contribution is -2.24. The summed E-state index contributed by atoms with van der Waals surface area (Å²) in [7, 11) is 0. The maximum atomic E-state index is 13.0. The van der Waals surface area contributed by atoms with E-state index < -0.39 is 0 Å². The van der Waals surface area contributed by atoms with Crippen molar-refractivity contribution >= 4 is 34.4 Å². The van der Waals surface area contributed by atoms with Gasteiger partial charge in [0.15, 0.2) is 0 Å². The summed E-state index contributed by atoms with van der Waals surface area (Å²) < 4.78 is 1.78. The molecule has 0 amide bonds. The van der Waals surface area contributed by atoms with Crippen molar-refractivity contribution in [3.05, 3.63) is 98.7 Å². The quantitative estimate of drug-likeness (QED) is 0.510. The normalized spacial score (nSPS) is 11.4. The Morgan fingerprint density at radius 2 is 1.73 bits per heavy atom. The van der Waals surface area contributed by atoms with Gasteiger partial charge in [-0.3, -0.25) is 9.36 Å². The van der Waals surface area contributed by atoms with E-state index in [1.54, 1.807) is 15.9 Å². The smallest absolute Gasteiger partial charge is 0.261 e. The second-order valence-electron chi connectivity index (χ2n) is 6.02. The van der Waals surface area contributed by atoms with Crippen molar-refractivity contribution in [3.8, 4) is 0 Å². The Bertz CT molecular complexity index is 1100. The predicted molar refractivity (Wildman–Crippen MR) is 109 cm³/mol. The van der Waals surface area contributed by atoms with Gasteiger partial charge in [0.25, 0.3) is 5.56 Å². The first-order chi connectivity index (χ1) is 12.8. The molecule has 0 aliphatic heterocycles. The van der Waals surface area contributed by atoms with Crippen LogP contribution in [0.2, 0.25) is 0 Å². The number of nitrogens with zero attached hydrogens (tertiary/aromatic N) is 2. The number of rotatable bonds is 5. The van der Waals surface area contributed by atoms with Gasteiger partial charge < -0.3 is 0 Å². The highest BCUT2D eigenvalue weighted by molar-refractivity contribution is 7.09. The molecule has 4 aromatic rings. The van der Waals surface area contributed by atoms with E-state index in [2.05, 4.69) is 11.4 Å². The minimum atomic E-state index is 0.0138. The van der Waals surface area contributed by atoms with Gasteiger partial charge in [0.2, 0.25) is 0 Å². The maximum Gasteiger partial charge on any atom is 0.261 e. The van der Waals surface area contributed by atoms with Gasteiger partial charge in [-0.25, -0.2) is 4.98 Å². The summed E-state index contributed by atoms with van der Waals surface area (Å²) in [4.78, 5) is 19.0. The Kier molecular flexibility index (Phi) is 4.75. The predicted octanol–water partition coefficient (Wildman–Crippen LogP) is 4.87. The molecule has 0 saturated carbocycles. The molecule has 0 saturated heterocycles. The summed E-state index contributed by atoms with van der Waals surface area (Å²) in [6, 6.07) is 21.7. The van der Waals surface area contributed by atoms with Gasteiger partial charge >= 0.3 is 0 Å². The molecular weight excluding hydrogens is 340 g/mol. The SMILES string of the molecule is O=c1c2ccccc2nc(C=Cc2ccccc2)n1CCc1cccs1. The standard InChI is InChI=1S/C22H18N2OS/c25-22-19-10-4-5-11-20(19)23-21(13-12-17-7-2-1-3-8-17)24(22)15-14-18-9-6-16-26-18/h1-13,16H,14-15H2. The van der Waals surface area contributed by atoms with E-state index in [9.17, 15) is 4.79 Å². The number of para-hydroxylation sites is 1. The van der Waals surface area contributed by atoms with Gasteiger partial charge in [0, 0.05) is 11.4 Å². The highest BCUT2D eigenvalue weighted by atomic mass is 32.1. The summed E-state index contributed by atoms with van der Waals surface area (Å²) in [5, 5.41) is 2.73. The average Bonchev–Trinajstić information content (AvgIpc) is 3.20. The van der Waals surface area contributed by atoms with Crippen LogP contribution < -0.4 is 5.56 Å². The molecule has 4 heteroatoms. The molecule has 0 unspecified atom stereocenters. The second kappa shape index (κ2) is 7.50. The first-order valence-corrected chi connectivity index (χ1v) is 9.44. The zero-order valence-electron chi connectivity index (χ0n) is 14.2. The van der Waals surface area contributed by atoms with E-state index in [1.807, 2.05) is 72.8 Å². The number of hydrogen-bond donors (Lipinski definition) is 0. The van der Waals surface area contributed by atoms with Crippen LogP contribution >= 0.6 is 11.3 Å². The van der Waals surface area contributed by atoms with E-state index in [1.165, 1.54) is 4.88 Å². The molecule has 2 heterocycles. The topological polar surface area (TPSA) is 34.9 Å². The molecule has 0 fully saturated rings. The van der Waals surface area contributed by atoms with Crippen molar-refractivity contribution in [2.45, 2.75) is 13.0 Å². The molecule has 0 N–H and O–H groups in total. The summed E-state index contributed by atoms with van der Waals surface area (Å²) >= 11 is 1.71. The molecule has 0 radical (unpaired) electrons. The highest BCUT2D eigenvalue weighted by Crippen LogP contribution is 2.14. The summed E-state index contributed by atoms with van der Waals surface area (Å²) in [6.45, 7) is 0.617. The van der Waals surface area contributed by atoms with Gasteiger partial charge in [-0.1, -0.05) is 54.6 Å². The summed E-state index contributed by atoms with van der Waals surface area (Å²) in [5.74, 6) is 0.689. The Morgan fingerprint density at radius 3 is 2.54 bits per heavy atom. The summed E-state index contributed by atoms with van der Waals surface area (Å²) in [6.07, 6.45) is 4.75. The first-order valence-electron chi connectivity index (χ1n) is 8.56. The van der Waals surface area contributed by atoms with E-state index in [0.29, 0.717) is 17.8 Å². The number of aryl methyl sites for hydroxylation is 1. The molecule has 0 bridgehead atoms. The van der Waals surface area contributed by atoms with Gasteiger partial charge in [-0.2, -0.15) is 0 Å². The van der Waals surface area contributed by atoms with Crippen LogP contribution in [0.15, 0.2) is 76.9 Å². The Hall–Kier alpha value is -2.98. The van der Waals surface area contributed by atoms with Crippen molar-refractivity contribution in [3.63, 3.8) is 0 Å². The van der Waals surface area contributed by atoms with Crippen molar-refractivity contribution in [2.24, 2.45) is 0 Å². The van der Waals surface area contributed by atoms with Crippen molar-refractivity contribution in [2.75, 3.05) is 0 Å². The largest absolute Gasteiger partial charge is 0.292 e. The lowest BCUT2D eigenvalue weighted by atomic mass is 10.2. The molecule has 0 atom stereocenters. The lowest BCUT2D eigenvalue weighted by molar-refractivity contribution is 0.660. The van der Waals surface area contributed by atoms with Crippen molar-refractivity contribution in [1.82, 2.24) is 9.55 Å². The van der Waals surface area contributed by atoms with Crippen molar-refractivity contribution < 1.29 is 0 Å². The van der Waals surface area contributed by atoms with Gasteiger partial charge in [0.1, 0.15) is 5.82 Å². The molecule has 0 aliphatic rings. The molecule has 0 spiro atoms. The molecule has 0 aliphatic carbocycles. The maximum absolute atomic E-state index is 13.0. The zero-order valence-corrected chi connectivity index (χ0v) is 15.0. The molecule has 2 aromatic carbocycles. The number of thiophene rings is 1. The third-order valence-electron chi connectivity index (χ3n) is 4.28. The van der Waals surface area contributed by atoms with Crippen LogP contribution in [-0.2, 0) is 13.0 Å². The molecule has 4 rings (SSSR count). The minimum absolute atomic E-state index is 0.0138. The molecule has 26 heavy (non-hydrogen) atoms. The molecule has 3 nitrogen and oxygen atoms in total. The summed E-state index contributed by atoms with van der Waals surface area (Å²) in [5.41, 5.74) is 1.83. The Morgan fingerprint density at radius 1 is 0.923 bits per heavy atom. The number of hydrogen-bond acceptors (Lipinski definition) is 3. The van der Waals surface area contributed by atoms with Gasteiger partial charge in [-0.05, 0) is 41.6 Å². The van der Waals surface area contributed by atoms with E-state index >= 15 is 0 Å². The fourth-order valence-corrected chi connectivity index (χ4v) is 3.64. The second-order valence-corrected chi connectivity index (χ2v) is 7.05. The van der Waals surface area contributed by atoms with Crippen molar-refractivity contribution in [1.29, 1.82) is 0 Å². The fraction of sp³-hybridized carbons (Fsp3) is 0.0909. The van der Waals surface area contributed by atoms with Crippen LogP contribution in [-0.4, -0.2) is 9.55 Å². The highest BCUT2D eigenvalue weighted by Gasteiger charge is 2.09.